The minimum absolute atomic E-state index is 0.267. The summed E-state index contributed by atoms with van der Waals surface area (Å²) in [4.78, 5) is 23.8. The maximum absolute atomic E-state index is 12.4. The molecule has 1 rings (SSSR count). The van der Waals surface area contributed by atoms with Gasteiger partial charge in [-0.05, 0) is 0 Å². The summed E-state index contributed by atoms with van der Waals surface area (Å²) in [5.41, 5.74) is -2.54. The molecule has 1 aromatic rings. The Morgan fingerprint density at radius 3 is 2.60 bits per heavy atom. The number of carboxylic acid groups (broad SMARTS) is 1. The number of rotatable bonds is 3. The second kappa shape index (κ2) is 4.39. The van der Waals surface area contributed by atoms with Crippen LogP contribution in [0.3, 0.4) is 0 Å². The van der Waals surface area contributed by atoms with Crippen molar-refractivity contribution >= 4 is 17.6 Å². The van der Waals surface area contributed by atoms with Gasteiger partial charge in [0.05, 0.1) is 11.4 Å². The van der Waals surface area contributed by atoms with E-state index < -0.39 is 29.1 Å². The number of alkyl halides is 3. The highest BCUT2D eigenvalue weighted by Gasteiger charge is 2.19. The Bertz CT molecular complexity index is 444. The Balaban J connectivity index is 3.44. The van der Waals surface area contributed by atoms with Crippen molar-refractivity contribution in [3.8, 4) is 0 Å². The van der Waals surface area contributed by atoms with Gasteiger partial charge in [-0.3, -0.25) is 4.79 Å². The number of hydrogen-bond acceptors (Lipinski definition) is 2. The first kappa shape index (κ1) is 11.6. The summed E-state index contributed by atoms with van der Waals surface area (Å²) in [6.07, 6.45) is -2.98. The predicted octanol–water partition coefficient (Wildman–Crippen LogP) is 1.75. The van der Waals surface area contributed by atoms with Crippen LogP contribution in [-0.2, 0) is 5.88 Å². The van der Waals surface area contributed by atoms with Crippen LogP contribution in [0.4, 0.5) is 8.78 Å². The highest BCUT2D eigenvalue weighted by Crippen LogP contribution is 2.19. The van der Waals surface area contributed by atoms with E-state index >= 15 is 0 Å². The highest BCUT2D eigenvalue weighted by atomic mass is 35.5. The SMILES string of the molecule is O=C(O)c1cc(=O)c(C(F)F)c(CCl)[nH]1. The summed E-state index contributed by atoms with van der Waals surface area (Å²) in [7, 11) is 0. The largest absolute Gasteiger partial charge is 0.477 e. The maximum atomic E-state index is 12.4. The first-order valence-corrected chi connectivity index (χ1v) is 4.34. The van der Waals surface area contributed by atoms with E-state index in [1.165, 1.54) is 0 Å². The van der Waals surface area contributed by atoms with Gasteiger partial charge in [0, 0.05) is 11.8 Å². The zero-order valence-electron chi connectivity index (χ0n) is 7.26. The second-order valence-electron chi connectivity index (χ2n) is 2.68. The molecular weight excluding hydrogens is 232 g/mol. The summed E-state index contributed by atoms with van der Waals surface area (Å²) in [5, 5.41) is 8.56. The Kier molecular flexibility index (Phi) is 3.41. The topological polar surface area (TPSA) is 70.2 Å². The van der Waals surface area contributed by atoms with Gasteiger partial charge in [-0.1, -0.05) is 0 Å². The number of H-pyrrole nitrogens is 1. The summed E-state index contributed by atoms with van der Waals surface area (Å²) in [5.74, 6) is -1.78. The molecule has 4 nitrogen and oxygen atoms in total. The third-order valence-corrected chi connectivity index (χ3v) is 2.00. The molecule has 0 aromatic carbocycles. The number of aromatic carboxylic acids is 1. The molecule has 0 saturated carbocycles. The van der Waals surface area contributed by atoms with E-state index in [4.69, 9.17) is 16.7 Å². The van der Waals surface area contributed by atoms with E-state index in [1.807, 2.05) is 0 Å². The molecule has 1 aromatic heterocycles. The van der Waals surface area contributed by atoms with Gasteiger partial charge in [-0.25, -0.2) is 13.6 Å². The smallest absolute Gasteiger partial charge is 0.352 e. The number of carbonyl (C=O) groups is 1. The van der Waals surface area contributed by atoms with Crippen molar-refractivity contribution in [2.75, 3.05) is 0 Å². The van der Waals surface area contributed by atoms with Crippen molar-refractivity contribution in [1.29, 1.82) is 0 Å². The zero-order valence-corrected chi connectivity index (χ0v) is 8.02. The number of halogens is 3. The molecular formula is C8H6ClF2NO3. The van der Waals surface area contributed by atoms with Crippen molar-refractivity contribution in [2.24, 2.45) is 0 Å². The van der Waals surface area contributed by atoms with Gasteiger partial charge in [0.25, 0.3) is 6.43 Å². The molecule has 0 fully saturated rings. The molecule has 0 bridgehead atoms. The molecule has 7 heteroatoms. The van der Waals surface area contributed by atoms with Crippen LogP contribution in [0.15, 0.2) is 10.9 Å². The van der Waals surface area contributed by atoms with Crippen LogP contribution < -0.4 is 5.43 Å². The monoisotopic (exact) mass is 237 g/mol. The fraction of sp³-hybridized carbons (Fsp3) is 0.250. The summed E-state index contributed by atoms with van der Waals surface area (Å²) < 4.78 is 24.8. The van der Waals surface area contributed by atoms with Crippen molar-refractivity contribution in [2.45, 2.75) is 12.3 Å². The molecule has 0 radical (unpaired) electrons. The molecule has 1 heterocycles. The average molecular weight is 238 g/mol. The van der Waals surface area contributed by atoms with E-state index in [9.17, 15) is 18.4 Å². The van der Waals surface area contributed by atoms with Crippen LogP contribution in [0.1, 0.15) is 28.2 Å². The lowest BCUT2D eigenvalue weighted by molar-refractivity contribution is 0.0689. The van der Waals surface area contributed by atoms with Crippen LogP contribution >= 0.6 is 11.6 Å². The van der Waals surface area contributed by atoms with Crippen LogP contribution in [0.25, 0.3) is 0 Å². The Labute approximate surface area is 87.5 Å². The van der Waals surface area contributed by atoms with Crippen molar-refractivity contribution in [3.63, 3.8) is 0 Å². The van der Waals surface area contributed by atoms with Crippen molar-refractivity contribution in [3.05, 3.63) is 33.2 Å². The van der Waals surface area contributed by atoms with Gasteiger partial charge in [-0.15, -0.1) is 11.6 Å². The predicted molar refractivity (Wildman–Crippen MR) is 48.5 cm³/mol. The number of pyridine rings is 1. The molecule has 2 N–H and O–H groups in total. The van der Waals surface area contributed by atoms with Crippen LogP contribution in [-0.4, -0.2) is 16.1 Å². The van der Waals surface area contributed by atoms with Crippen molar-refractivity contribution in [1.82, 2.24) is 4.98 Å². The summed E-state index contributed by atoms with van der Waals surface area (Å²) in [6.45, 7) is 0. The van der Waals surface area contributed by atoms with Gasteiger partial charge in [-0.2, -0.15) is 0 Å². The Morgan fingerprint density at radius 1 is 1.60 bits per heavy atom. The Morgan fingerprint density at radius 2 is 2.20 bits per heavy atom. The fourth-order valence-corrected chi connectivity index (χ4v) is 1.29. The molecule has 0 aliphatic carbocycles. The van der Waals surface area contributed by atoms with E-state index in [-0.39, 0.29) is 11.6 Å². The van der Waals surface area contributed by atoms with E-state index in [2.05, 4.69) is 4.98 Å². The van der Waals surface area contributed by atoms with Gasteiger partial charge in [0.1, 0.15) is 5.69 Å². The third-order valence-electron chi connectivity index (χ3n) is 1.73. The van der Waals surface area contributed by atoms with Gasteiger partial charge in [0.2, 0.25) is 0 Å². The van der Waals surface area contributed by atoms with E-state index in [1.54, 1.807) is 0 Å². The molecule has 0 aliphatic heterocycles. The molecule has 0 saturated heterocycles. The van der Waals surface area contributed by atoms with E-state index in [0.29, 0.717) is 6.07 Å². The zero-order chi connectivity index (χ0) is 11.6. The number of aromatic nitrogens is 1. The van der Waals surface area contributed by atoms with Crippen LogP contribution in [0.2, 0.25) is 0 Å². The first-order chi connectivity index (χ1) is 6.97. The molecule has 0 unspecified atom stereocenters. The summed E-state index contributed by atoms with van der Waals surface area (Å²) in [6, 6.07) is 0.611. The minimum Gasteiger partial charge on any atom is -0.477 e. The second-order valence-corrected chi connectivity index (χ2v) is 2.95. The molecule has 0 amide bonds. The number of hydrogen-bond donors (Lipinski definition) is 2. The number of aromatic amines is 1. The molecule has 82 valence electrons. The lowest BCUT2D eigenvalue weighted by Gasteiger charge is -2.06. The highest BCUT2D eigenvalue weighted by molar-refractivity contribution is 6.17. The number of nitrogens with one attached hydrogen (secondary N) is 1. The van der Waals surface area contributed by atoms with E-state index in [0.717, 1.165) is 0 Å². The average Bonchev–Trinajstić information content (AvgIpc) is 2.15. The molecule has 0 spiro atoms. The molecule has 15 heavy (non-hydrogen) atoms. The minimum atomic E-state index is -2.98. The van der Waals surface area contributed by atoms with Crippen LogP contribution in [0, 0.1) is 0 Å². The fourth-order valence-electron chi connectivity index (χ4n) is 1.08. The lowest BCUT2D eigenvalue weighted by Crippen LogP contribution is -2.17. The van der Waals surface area contributed by atoms with Gasteiger partial charge in [0.15, 0.2) is 5.43 Å². The summed E-state index contributed by atoms with van der Waals surface area (Å²) >= 11 is 5.33. The van der Waals surface area contributed by atoms with Crippen molar-refractivity contribution < 1.29 is 18.7 Å². The lowest BCUT2D eigenvalue weighted by atomic mass is 10.2. The maximum Gasteiger partial charge on any atom is 0.352 e. The van der Waals surface area contributed by atoms with Gasteiger partial charge < -0.3 is 10.1 Å². The Hall–Kier alpha value is -1.43. The standard InChI is InChI=1S/C8H6ClF2NO3/c9-2-4-6(7(10)11)5(13)1-3(12-4)8(14)15/h1,7H,2H2,(H,12,13)(H,14,15). The molecule has 0 atom stereocenters. The van der Waals surface area contributed by atoms with Crippen LogP contribution in [0.5, 0.6) is 0 Å². The first-order valence-electron chi connectivity index (χ1n) is 3.81. The number of carboxylic acids is 1. The normalized spacial score (nSPS) is 10.7. The third kappa shape index (κ3) is 2.33. The van der Waals surface area contributed by atoms with Gasteiger partial charge >= 0.3 is 5.97 Å². The quantitative estimate of drug-likeness (QED) is 0.787. The molecule has 0 aliphatic rings.